The molecule has 6 nitrogen and oxygen atoms in total. The first-order valence-corrected chi connectivity index (χ1v) is 10.9. The van der Waals surface area contributed by atoms with Crippen LogP contribution in [0.25, 0.3) is 0 Å². The highest BCUT2D eigenvalue weighted by Crippen LogP contribution is 2.26. The number of nitrogens with one attached hydrogen (secondary N) is 1. The molecule has 0 aliphatic carbocycles. The molecule has 2 aromatic rings. The normalized spacial score (nSPS) is 15.9. The first kappa shape index (κ1) is 21.3. The number of carbonyl (C=O) groups excluding carboxylic acids is 2. The van der Waals surface area contributed by atoms with E-state index in [2.05, 4.69) is 5.32 Å². The highest BCUT2D eigenvalue weighted by Gasteiger charge is 2.23. The van der Waals surface area contributed by atoms with Crippen molar-refractivity contribution in [3.63, 3.8) is 0 Å². The number of amides is 2. The minimum Gasteiger partial charge on any atom is -0.377 e. The molecule has 1 aliphatic heterocycles. The maximum absolute atomic E-state index is 12.6. The van der Waals surface area contributed by atoms with E-state index in [9.17, 15) is 9.59 Å². The van der Waals surface area contributed by atoms with Gasteiger partial charge in [-0.1, -0.05) is 13.0 Å². The third-order valence-corrected chi connectivity index (χ3v) is 5.90. The molecule has 156 valence electrons. The van der Waals surface area contributed by atoms with Crippen LogP contribution in [0.5, 0.6) is 0 Å². The molecule has 0 radical (unpaired) electrons. The van der Waals surface area contributed by atoms with E-state index in [4.69, 9.17) is 4.74 Å². The van der Waals surface area contributed by atoms with Crippen molar-refractivity contribution in [2.75, 3.05) is 37.5 Å². The van der Waals surface area contributed by atoms with Gasteiger partial charge in [0.2, 0.25) is 5.91 Å². The highest BCUT2D eigenvalue weighted by molar-refractivity contribution is 7.12. The standard InChI is InChI=1S/C22H29N3O3S/c1-4-21(26)25(15-18-7-5-11-28-18)14-16-13-17(9-10-19(16)24(2)3)23-22(27)20-8-6-12-29-20/h6,8-10,12-13,18H,4-5,7,11,14-15H2,1-3H3,(H,23,27). The number of anilines is 2. The van der Waals surface area contributed by atoms with Gasteiger partial charge in [-0.05, 0) is 48.1 Å². The molecule has 1 N–H and O–H groups in total. The van der Waals surface area contributed by atoms with Gasteiger partial charge in [0.1, 0.15) is 0 Å². The number of thiophene rings is 1. The third kappa shape index (κ3) is 5.58. The Balaban J connectivity index is 1.81. The van der Waals surface area contributed by atoms with Crippen LogP contribution in [-0.4, -0.2) is 50.1 Å². The summed E-state index contributed by atoms with van der Waals surface area (Å²) in [4.78, 5) is 29.6. The van der Waals surface area contributed by atoms with Crippen LogP contribution < -0.4 is 10.2 Å². The zero-order chi connectivity index (χ0) is 20.8. The molecular formula is C22H29N3O3S. The van der Waals surface area contributed by atoms with Gasteiger partial charge in [-0.25, -0.2) is 0 Å². The minimum atomic E-state index is -0.121. The maximum atomic E-state index is 12.6. The molecule has 1 fully saturated rings. The average Bonchev–Trinajstić information content (AvgIpc) is 3.41. The summed E-state index contributed by atoms with van der Waals surface area (Å²) in [6, 6.07) is 9.51. The Morgan fingerprint density at radius 2 is 2.10 bits per heavy atom. The summed E-state index contributed by atoms with van der Waals surface area (Å²) < 4.78 is 5.75. The third-order valence-electron chi connectivity index (χ3n) is 5.03. The second-order valence-electron chi connectivity index (χ2n) is 7.43. The molecule has 1 aliphatic rings. The van der Waals surface area contributed by atoms with Crippen LogP contribution in [0.3, 0.4) is 0 Å². The van der Waals surface area contributed by atoms with Crippen LogP contribution in [0, 0.1) is 0 Å². The lowest BCUT2D eigenvalue weighted by Gasteiger charge is -2.28. The minimum absolute atomic E-state index is 0.107. The van der Waals surface area contributed by atoms with Gasteiger partial charge in [0.05, 0.1) is 11.0 Å². The van der Waals surface area contributed by atoms with Crippen LogP contribution in [0.1, 0.15) is 41.4 Å². The van der Waals surface area contributed by atoms with Crippen molar-refractivity contribution in [3.05, 3.63) is 46.2 Å². The molecule has 1 saturated heterocycles. The molecule has 2 amide bonds. The van der Waals surface area contributed by atoms with E-state index >= 15 is 0 Å². The van der Waals surface area contributed by atoms with E-state index < -0.39 is 0 Å². The summed E-state index contributed by atoms with van der Waals surface area (Å²) in [5, 5.41) is 4.85. The van der Waals surface area contributed by atoms with Crippen molar-refractivity contribution in [2.24, 2.45) is 0 Å². The smallest absolute Gasteiger partial charge is 0.265 e. The van der Waals surface area contributed by atoms with Crippen molar-refractivity contribution in [1.29, 1.82) is 0 Å². The van der Waals surface area contributed by atoms with Gasteiger partial charge in [-0.3, -0.25) is 9.59 Å². The summed E-state index contributed by atoms with van der Waals surface area (Å²) in [6.07, 6.45) is 2.60. The Bertz CT molecular complexity index is 830. The van der Waals surface area contributed by atoms with Gasteiger partial charge < -0.3 is 19.9 Å². The summed E-state index contributed by atoms with van der Waals surface area (Å²) in [5.74, 6) is -0.0115. The van der Waals surface area contributed by atoms with Crippen LogP contribution in [0.4, 0.5) is 11.4 Å². The van der Waals surface area contributed by atoms with Crippen molar-refractivity contribution in [3.8, 4) is 0 Å². The van der Waals surface area contributed by atoms with Crippen molar-refractivity contribution >= 4 is 34.5 Å². The van der Waals surface area contributed by atoms with Gasteiger partial charge in [0.25, 0.3) is 5.91 Å². The number of nitrogens with zero attached hydrogens (tertiary/aromatic N) is 2. The van der Waals surface area contributed by atoms with Gasteiger partial charge in [-0.2, -0.15) is 0 Å². The van der Waals surface area contributed by atoms with E-state index in [1.165, 1.54) is 11.3 Å². The van der Waals surface area contributed by atoms with Crippen LogP contribution in [0.2, 0.25) is 0 Å². The van der Waals surface area contributed by atoms with E-state index in [1.807, 2.05) is 60.5 Å². The van der Waals surface area contributed by atoms with E-state index in [1.54, 1.807) is 6.07 Å². The van der Waals surface area contributed by atoms with E-state index in [-0.39, 0.29) is 17.9 Å². The van der Waals surface area contributed by atoms with E-state index in [0.717, 1.165) is 36.4 Å². The Hall–Kier alpha value is -2.38. The molecule has 2 heterocycles. The van der Waals surface area contributed by atoms with Crippen molar-refractivity contribution < 1.29 is 14.3 Å². The van der Waals surface area contributed by atoms with Gasteiger partial charge in [-0.15, -0.1) is 11.3 Å². The van der Waals surface area contributed by atoms with Crippen LogP contribution >= 0.6 is 11.3 Å². The Kier molecular flexibility index (Phi) is 7.28. The Morgan fingerprint density at radius 1 is 1.28 bits per heavy atom. The first-order valence-electron chi connectivity index (χ1n) is 10.0. The predicted molar refractivity (Wildman–Crippen MR) is 118 cm³/mol. The van der Waals surface area contributed by atoms with Gasteiger partial charge in [0, 0.05) is 51.6 Å². The molecule has 1 aromatic heterocycles. The molecule has 7 heteroatoms. The number of rotatable bonds is 8. The quantitative estimate of drug-likeness (QED) is 0.708. The molecule has 3 rings (SSSR count). The molecule has 0 bridgehead atoms. The zero-order valence-electron chi connectivity index (χ0n) is 17.3. The summed E-state index contributed by atoms with van der Waals surface area (Å²) in [6.45, 7) is 3.75. The average molecular weight is 416 g/mol. The summed E-state index contributed by atoms with van der Waals surface area (Å²) in [5.41, 5.74) is 2.75. The predicted octanol–water partition coefficient (Wildman–Crippen LogP) is 3.98. The second-order valence-corrected chi connectivity index (χ2v) is 8.38. The monoisotopic (exact) mass is 415 g/mol. The fourth-order valence-electron chi connectivity index (χ4n) is 3.54. The fourth-order valence-corrected chi connectivity index (χ4v) is 4.16. The van der Waals surface area contributed by atoms with Crippen LogP contribution in [0.15, 0.2) is 35.7 Å². The Morgan fingerprint density at radius 3 is 2.72 bits per heavy atom. The largest absolute Gasteiger partial charge is 0.377 e. The lowest BCUT2D eigenvalue weighted by molar-refractivity contribution is -0.133. The SMILES string of the molecule is CCC(=O)N(Cc1cc(NC(=O)c2cccs2)ccc1N(C)C)CC1CCCO1. The topological polar surface area (TPSA) is 61.9 Å². The molecule has 0 spiro atoms. The molecule has 1 atom stereocenters. The molecular weight excluding hydrogens is 386 g/mol. The maximum Gasteiger partial charge on any atom is 0.265 e. The van der Waals surface area contributed by atoms with Gasteiger partial charge >= 0.3 is 0 Å². The molecule has 1 aromatic carbocycles. The number of hydrogen-bond acceptors (Lipinski definition) is 5. The second kappa shape index (κ2) is 9.89. The number of benzene rings is 1. The lowest BCUT2D eigenvalue weighted by Crippen LogP contribution is -2.36. The fraction of sp³-hybridized carbons (Fsp3) is 0.455. The highest BCUT2D eigenvalue weighted by atomic mass is 32.1. The zero-order valence-corrected chi connectivity index (χ0v) is 18.1. The number of ether oxygens (including phenoxy) is 1. The van der Waals surface area contributed by atoms with Crippen molar-refractivity contribution in [2.45, 2.75) is 38.8 Å². The first-order chi connectivity index (χ1) is 14.0. The lowest BCUT2D eigenvalue weighted by atomic mass is 10.1. The molecule has 0 saturated carbocycles. The van der Waals surface area contributed by atoms with Crippen LogP contribution in [-0.2, 0) is 16.1 Å². The number of carbonyl (C=O) groups is 2. The molecule has 29 heavy (non-hydrogen) atoms. The summed E-state index contributed by atoms with van der Waals surface area (Å²) >= 11 is 1.41. The Labute approximate surface area is 176 Å². The molecule has 1 unspecified atom stereocenters. The number of hydrogen-bond donors (Lipinski definition) is 1. The summed E-state index contributed by atoms with van der Waals surface area (Å²) in [7, 11) is 3.96. The van der Waals surface area contributed by atoms with E-state index in [0.29, 0.717) is 24.4 Å². The van der Waals surface area contributed by atoms with Gasteiger partial charge in [0.15, 0.2) is 0 Å². The van der Waals surface area contributed by atoms with Crippen molar-refractivity contribution in [1.82, 2.24) is 4.90 Å².